The highest BCUT2D eigenvalue weighted by Crippen LogP contribution is 2.25. The van der Waals surface area contributed by atoms with Crippen molar-refractivity contribution < 1.29 is 9.59 Å². The first kappa shape index (κ1) is 17.2. The Morgan fingerprint density at radius 2 is 1.87 bits per heavy atom. The summed E-state index contributed by atoms with van der Waals surface area (Å²) in [4.78, 5) is 29.2. The molecule has 0 saturated heterocycles. The molecule has 120 valence electrons. The van der Waals surface area contributed by atoms with Gasteiger partial charge in [-0.05, 0) is 35.9 Å². The lowest BCUT2D eigenvalue weighted by Gasteiger charge is -2.20. The van der Waals surface area contributed by atoms with E-state index in [-0.39, 0.29) is 18.4 Å². The topological polar surface area (TPSA) is 62.3 Å². The average Bonchev–Trinajstić information content (AvgIpc) is 2.50. The highest BCUT2D eigenvalue weighted by atomic mass is 35.5. The zero-order chi connectivity index (χ0) is 16.8. The number of hydrogen-bond donors (Lipinski definition) is 1. The molecule has 0 spiro atoms. The lowest BCUT2D eigenvalue weighted by Crippen LogP contribution is -2.36. The Kier molecular flexibility index (Phi) is 5.96. The number of halogens is 2. The quantitative estimate of drug-likeness (QED) is 0.897. The molecular weight excluding hydrogens is 337 g/mol. The van der Waals surface area contributed by atoms with Crippen LogP contribution in [0.2, 0.25) is 10.0 Å². The molecule has 1 aromatic carbocycles. The molecule has 2 rings (SSSR count). The molecule has 1 aromatic heterocycles. The van der Waals surface area contributed by atoms with Crippen molar-refractivity contribution in [3.63, 3.8) is 0 Å². The van der Waals surface area contributed by atoms with Crippen molar-refractivity contribution in [2.75, 3.05) is 11.9 Å². The van der Waals surface area contributed by atoms with Crippen molar-refractivity contribution in [2.45, 2.75) is 13.5 Å². The second-order valence-corrected chi connectivity index (χ2v) is 5.75. The molecule has 0 saturated carbocycles. The van der Waals surface area contributed by atoms with Crippen molar-refractivity contribution in [3.8, 4) is 0 Å². The van der Waals surface area contributed by atoms with Crippen LogP contribution in [-0.4, -0.2) is 28.2 Å². The van der Waals surface area contributed by atoms with Gasteiger partial charge in [-0.2, -0.15) is 0 Å². The molecule has 0 aliphatic carbocycles. The molecule has 0 fully saturated rings. The first-order valence-electron chi connectivity index (χ1n) is 6.85. The summed E-state index contributed by atoms with van der Waals surface area (Å²) in [7, 11) is 0. The predicted molar refractivity (Wildman–Crippen MR) is 90.4 cm³/mol. The van der Waals surface area contributed by atoms with Gasteiger partial charge < -0.3 is 10.2 Å². The zero-order valence-electron chi connectivity index (χ0n) is 12.4. The predicted octanol–water partition coefficient (Wildman–Crippen LogP) is 3.38. The second-order valence-electron chi connectivity index (χ2n) is 4.90. The van der Waals surface area contributed by atoms with Gasteiger partial charge in [0.2, 0.25) is 11.8 Å². The SMILES string of the molecule is CC(=O)N(CC(=O)Nc1ccc(Cl)cc1Cl)Cc1ccncc1. The molecule has 0 atom stereocenters. The molecule has 2 aromatic rings. The number of nitrogens with zero attached hydrogens (tertiary/aromatic N) is 2. The van der Waals surface area contributed by atoms with Crippen LogP contribution in [0.15, 0.2) is 42.7 Å². The van der Waals surface area contributed by atoms with Crippen LogP contribution in [0.3, 0.4) is 0 Å². The molecule has 5 nitrogen and oxygen atoms in total. The number of carbonyl (C=O) groups is 2. The third kappa shape index (κ3) is 5.23. The molecule has 7 heteroatoms. The maximum absolute atomic E-state index is 12.1. The molecule has 0 aliphatic rings. The van der Waals surface area contributed by atoms with Gasteiger partial charge >= 0.3 is 0 Å². The number of amides is 2. The van der Waals surface area contributed by atoms with Gasteiger partial charge in [-0.1, -0.05) is 23.2 Å². The van der Waals surface area contributed by atoms with Crippen molar-refractivity contribution >= 4 is 40.7 Å². The first-order chi connectivity index (χ1) is 11.0. The molecule has 1 heterocycles. The van der Waals surface area contributed by atoms with E-state index < -0.39 is 0 Å². The van der Waals surface area contributed by atoms with Crippen molar-refractivity contribution in [2.24, 2.45) is 0 Å². The normalized spacial score (nSPS) is 10.2. The first-order valence-corrected chi connectivity index (χ1v) is 7.60. The van der Waals surface area contributed by atoms with E-state index in [2.05, 4.69) is 10.3 Å². The third-order valence-corrected chi connectivity index (χ3v) is 3.66. The number of carbonyl (C=O) groups excluding carboxylic acids is 2. The van der Waals surface area contributed by atoms with Crippen molar-refractivity contribution in [1.82, 2.24) is 9.88 Å². The Bertz CT molecular complexity index is 708. The van der Waals surface area contributed by atoms with Gasteiger partial charge in [-0.3, -0.25) is 14.6 Å². The summed E-state index contributed by atoms with van der Waals surface area (Å²) in [6.45, 7) is 1.68. The smallest absolute Gasteiger partial charge is 0.244 e. The minimum atomic E-state index is -0.335. The van der Waals surface area contributed by atoms with Gasteiger partial charge in [-0.25, -0.2) is 0 Å². The number of aromatic nitrogens is 1. The molecule has 0 radical (unpaired) electrons. The van der Waals surface area contributed by atoms with E-state index >= 15 is 0 Å². The van der Waals surface area contributed by atoms with Gasteiger partial charge in [0.05, 0.1) is 10.7 Å². The number of anilines is 1. The molecule has 0 aliphatic heterocycles. The molecular formula is C16H15Cl2N3O2. The molecule has 2 amide bonds. The highest BCUT2D eigenvalue weighted by Gasteiger charge is 2.15. The standard InChI is InChI=1S/C16H15Cl2N3O2/c1-11(22)21(9-12-4-6-19-7-5-12)10-16(23)20-15-3-2-13(17)8-14(15)18/h2-8H,9-10H2,1H3,(H,20,23). The Morgan fingerprint density at radius 1 is 1.17 bits per heavy atom. The summed E-state index contributed by atoms with van der Waals surface area (Å²) in [5.74, 6) is -0.530. The van der Waals surface area contributed by atoms with E-state index in [9.17, 15) is 9.59 Å². The number of pyridine rings is 1. The molecule has 1 N–H and O–H groups in total. The minimum absolute atomic E-state index is 0.0728. The minimum Gasteiger partial charge on any atom is -0.329 e. The van der Waals surface area contributed by atoms with Crippen molar-refractivity contribution in [1.29, 1.82) is 0 Å². The van der Waals surface area contributed by atoms with E-state index in [0.29, 0.717) is 22.3 Å². The Labute approximate surface area is 144 Å². The Hall–Kier alpha value is -2.11. The van der Waals surface area contributed by atoms with Crippen LogP contribution in [0.25, 0.3) is 0 Å². The van der Waals surface area contributed by atoms with Gasteiger partial charge in [0.1, 0.15) is 6.54 Å². The van der Waals surface area contributed by atoms with E-state index in [1.54, 1.807) is 42.7 Å². The second kappa shape index (κ2) is 7.94. The Morgan fingerprint density at radius 3 is 2.48 bits per heavy atom. The molecule has 23 heavy (non-hydrogen) atoms. The highest BCUT2D eigenvalue weighted by molar-refractivity contribution is 6.36. The van der Waals surface area contributed by atoms with Gasteiger partial charge in [0.25, 0.3) is 0 Å². The number of benzene rings is 1. The average molecular weight is 352 g/mol. The summed E-state index contributed by atoms with van der Waals surface area (Å²) in [6, 6.07) is 8.37. The van der Waals surface area contributed by atoms with Crippen LogP contribution in [-0.2, 0) is 16.1 Å². The zero-order valence-corrected chi connectivity index (χ0v) is 13.9. The van der Waals surface area contributed by atoms with Crippen LogP contribution >= 0.6 is 23.2 Å². The van der Waals surface area contributed by atoms with Crippen LogP contribution in [0, 0.1) is 0 Å². The summed E-state index contributed by atoms with van der Waals surface area (Å²) >= 11 is 11.8. The van der Waals surface area contributed by atoms with E-state index in [1.807, 2.05) is 0 Å². The number of rotatable bonds is 5. The van der Waals surface area contributed by atoms with Gasteiger partial charge in [-0.15, -0.1) is 0 Å². The van der Waals surface area contributed by atoms with Crippen LogP contribution in [0.4, 0.5) is 5.69 Å². The largest absolute Gasteiger partial charge is 0.329 e. The maximum atomic E-state index is 12.1. The fraction of sp³-hybridized carbons (Fsp3) is 0.188. The lowest BCUT2D eigenvalue weighted by molar-refractivity contribution is -0.133. The fourth-order valence-corrected chi connectivity index (χ4v) is 2.40. The van der Waals surface area contributed by atoms with E-state index in [0.717, 1.165) is 5.56 Å². The van der Waals surface area contributed by atoms with E-state index in [4.69, 9.17) is 23.2 Å². The van der Waals surface area contributed by atoms with Crippen LogP contribution in [0.1, 0.15) is 12.5 Å². The molecule has 0 unspecified atom stereocenters. The van der Waals surface area contributed by atoms with Crippen molar-refractivity contribution in [3.05, 3.63) is 58.3 Å². The van der Waals surface area contributed by atoms with Gasteiger partial charge in [0.15, 0.2) is 0 Å². The molecule has 0 bridgehead atoms. The van der Waals surface area contributed by atoms with Crippen LogP contribution in [0.5, 0.6) is 0 Å². The lowest BCUT2D eigenvalue weighted by atomic mass is 10.2. The summed E-state index contributed by atoms with van der Waals surface area (Å²) in [6.07, 6.45) is 3.28. The summed E-state index contributed by atoms with van der Waals surface area (Å²) < 4.78 is 0. The summed E-state index contributed by atoms with van der Waals surface area (Å²) in [5.41, 5.74) is 1.35. The Balaban J connectivity index is 2.02. The number of hydrogen-bond acceptors (Lipinski definition) is 3. The fourth-order valence-electron chi connectivity index (χ4n) is 1.94. The van der Waals surface area contributed by atoms with E-state index in [1.165, 1.54) is 11.8 Å². The monoisotopic (exact) mass is 351 g/mol. The maximum Gasteiger partial charge on any atom is 0.244 e. The van der Waals surface area contributed by atoms with Crippen LogP contribution < -0.4 is 5.32 Å². The summed E-state index contributed by atoms with van der Waals surface area (Å²) in [5, 5.41) is 3.50. The van der Waals surface area contributed by atoms with Gasteiger partial charge in [0, 0.05) is 30.9 Å². The number of nitrogens with one attached hydrogen (secondary N) is 1. The third-order valence-electron chi connectivity index (χ3n) is 3.11.